The first kappa shape index (κ1) is 28.2. The molecule has 1 saturated heterocycles. The number of hydrazone groups is 1. The third kappa shape index (κ3) is 4.91. The van der Waals surface area contributed by atoms with Crippen molar-refractivity contribution in [3.8, 4) is 0 Å². The van der Waals surface area contributed by atoms with E-state index in [2.05, 4.69) is 71.9 Å². The first-order valence-corrected chi connectivity index (χ1v) is 15.2. The van der Waals surface area contributed by atoms with Crippen LogP contribution in [0.3, 0.4) is 0 Å². The van der Waals surface area contributed by atoms with E-state index in [0.717, 1.165) is 52.1 Å². The molecule has 4 atom stereocenters. The molecule has 3 aliphatic heterocycles. The third-order valence-corrected chi connectivity index (χ3v) is 9.09. The summed E-state index contributed by atoms with van der Waals surface area (Å²) in [5.74, 6) is -1.22. The summed E-state index contributed by atoms with van der Waals surface area (Å²) in [6, 6.07) is 20.8. The Morgan fingerprint density at radius 2 is 1.59 bits per heavy atom. The summed E-state index contributed by atoms with van der Waals surface area (Å²) in [6.07, 6.45) is 4.96. The number of nitrogens with zero attached hydrogens (tertiary/aromatic N) is 6. The second-order valence-corrected chi connectivity index (χ2v) is 12.3. The number of hydrogen-bond acceptors (Lipinski definition) is 7. The molecule has 4 aliphatic rings. The number of hydrogen-bond donors (Lipinski definition) is 0. The van der Waals surface area contributed by atoms with E-state index in [1.807, 2.05) is 6.92 Å². The molecular formula is C34H31ClN6O3. The highest BCUT2D eigenvalue weighted by Gasteiger charge is 2.55. The van der Waals surface area contributed by atoms with Gasteiger partial charge < -0.3 is 0 Å². The van der Waals surface area contributed by atoms with Crippen LogP contribution in [0.5, 0.6) is 0 Å². The van der Waals surface area contributed by atoms with Crippen LogP contribution < -0.4 is 4.90 Å². The van der Waals surface area contributed by atoms with Crippen molar-refractivity contribution in [1.82, 2.24) is 10.0 Å². The maximum atomic E-state index is 14.1. The summed E-state index contributed by atoms with van der Waals surface area (Å²) < 4.78 is 0. The van der Waals surface area contributed by atoms with Gasteiger partial charge in [-0.05, 0) is 80.2 Å². The van der Waals surface area contributed by atoms with Crippen LogP contribution in [0, 0.1) is 19.8 Å². The van der Waals surface area contributed by atoms with Crippen LogP contribution in [-0.2, 0) is 14.4 Å². The minimum Gasteiger partial charge on any atom is -0.271 e. The zero-order chi connectivity index (χ0) is 30.5. The van der Waals surface area contributed by atoms with Gasteiger partial charge in [0.2, 0.25) is 0 Å². The lowest BCUT2D eigenvalue weighted by Gasteiger charge is -2.30. The van der Waals surface area contributed by atoms with Gasteiger partial charge in [-0.3, -0.25) is 19.4 Å². The molecule has 3 heterocycles. The number of carbonyl (C=O) groups is 3. The van der Waals surface area contributed by atoms with E-state index in [-0.39, 0.29) is 24.4 Å². The predicted molar refractivity (Wildman–Crippen MR) is 168 cm³/mol. The van der Waals surface area contributed by atoms with Crippen LogP contribution in [0.15, 0.2) is 93.8 Å². The lowest BCUT2D eigenvalue weighted by atomic mass is 9.77. The molecular weight excluding hydrogens is 576 g/mol. The maximum Gasteiger partial charge on any atom is 0.264 e. The highest BCUT2D eigenvalue weighted by molar-refractivity contribution is 6.31. The van der Waals surface area contributed by atoms with Gasteiger partial charge in [-0.1, -0.05) is 76.5 Å². The first-order valence-electron chi connectivity index (χ1n) is 14.8. The number of anilines is 1. The molecule has 0 bridgehead atoms. The Morgan fingerprint density at radius 1 is 0.909 bits per heavy atom. The number of halogens is 1. The number of imide groups is 1. The van der Waals surface area contributed by atoms with Gasteiger partial charge in [-0.2, -0.15) is 10.2 Å². The van der Waals surface area contributed by atoms with Gasteiger partial charge in [-0.25, -0.2) is 9.91 Å². The van der Waals surface area contributed by atoms with Gasteiger partial charge >= 0.3 is 0 Å². The molecule has 1 saturated carbocycles. The molecule has 7 rings (SSSR count). The summed E-state index contributed by atoms with van der Waals surface area (Å²) >= 11 is 6.01. The minimum absolute atomic E-state index is 0.0372. The van der Waals surface area contributed by atoms with E-state index in [1.54, 1.807) is 29.3 Å². The molecule has 0 N–H and O–H groups in total. The molecule has 3 amide bonds. The van der Waals surface area contributed by atoms with E-state index in [1.165, 1.54) is 10.6 Å². The van der Waals surface area contributed by atoms with Crippen molar-refractivity contribution in [1.29, 1.82) is 0 Å². The molecule has 3 aromatic carbocycles. The second kappa shape index (κ2) is 11.1. The fourth-order valence-electron chi connectivity index (χ4n) is 6.58. The topological polar surface area (TPSA) is 98.0 Å². The molecule has 9 nitrogen and oxygen atoms in total. The maximum absolute atomic E-state index is 14.1. The summed E-state index contributed by atoms with van der Waals surface area (Å²) in [7, 11) is 0. The number of aryl methyl sites for hydroxylation is 2. The van der Waals surface area contributed by atoms with Gasteiger partial charge in [0.25, 0.3) is 17.7 Å². The van der Waals surface area contributed by atoms with Gasteiger partial charge in [0.05, 0.1) is 17.4 Å². The van der Waals surface area contributed by atoms with E-state index in [0.29, 0.717) is 10.7 Å². The summed E-state index contributed by atoms with van der Waals surface area (Å²) in [4.78, 5) is 41.9. The molecule has 44 heavy (non-hydrogen) atoms. The molecule has 0 unspecified atom stereocenters. The fourth-order valence-corrected chi connectivity index (χ4v) is 6.70. The van der Waals surface area contributed by atoms with Gasteiger partial charge in [0.15, 0.2) is 12.1 Å². The number of benzene rings is 3. The molecule has 0 spiro atoms. The van der Waals surface area contributed by atoms with Gasteiger partial charge in [0, 0.05) is 10.9 Å². The molecule has 2 fully saturated rings. The standard InChI is InChI=1S/C34H31ClN6O3/c1-20-6-10-22(11-7-20)18-24-4-3-5-27-29(24)37-41(31(27)23-12-8-21(2)9-13-23)28(42)19-39-32-30(36-38-39)33(43)40(34(32)44)26-16-14-25(35)15-17-26/h6-18,27,30-32H,3-5,19H2,1-2H3/b24-18-/t27-,30+,31-,32+/m1/s1. The highest BCUT2D eigenvalue weighted by Crippen LogP contribution is 2.45. The number of carbonyl (C=O) groups excluding carboxylic acids is 3. The first-order chi connectivity index (χ1) is 21.3. The van der Waals surface area contributed by atoms with Crippen molar-refractivity contribution in [2.45, 2.75) is 51.2 Å². The summed E-state index contributed by atoms with van der Waals surface area (Å²) in [5.41, 5.74) is 6.90. The van der Waals surface area contributed by atoms with Gasteiger partial charge in [-0.15, -0.1) is 0 Å². The average molecular weight is 607 g/mol. The van der Waals surface area contributed by atoms with Crippen LogP contribution in [-0.4, -0.2) is 52.1 Å². The van der Waals surface area contributed by atoms with Crippen LogP contribution in [0.2, 0.25) is 5.02 Å². The van der Waals surface area contributed by atoms with Gasteiger partial charge in [0.1, 0.15) is 6.54 Å². The number of rotatable bonds is 5. The van der Waals surface area contributed by atoms with Crippen LogP contribution >= 0.6 is 11.6 Å². The van der Waals surface area contributed by atoms with Crippen molar-refractivity contribution in [3.05, 3.63) is 106 Å². The second-order valence-electron chi connectivity index (χ2n) is 11.8. The zero-order valence-corrected chi connectivity index (χ0v) is 25.2. The number of amides is 3. The third-order valence-electron chi connectivity index (χ3n) is 8.83. The van der Waals surface area contributed by atoms with Crippen molar-refractivity contribution in [2.75, 3.05) is 11.4 Å². The van der Waals surface area contributed by atoms with E-state index < -0.39 is 23.9 Å². The predicted octanol–water partition coefficient (Wildman–Crippen LogP) is 6.07. The fraction of sp³-hybridized carbons (Fsp3) is 0.294. The molecule has 0 radical (unpaired) electrons. The molecule has 10 heteroatoms. The molecule has 1 aliphatic carbocycles. The van der Waals surface area contributed by atoms with Crippen molar-refractivity contribution >= 4 is 46.8 Å². The van der Waals surface area contributed by atoms with Crippen molar-refractivity contribution in [2.24, 2.45) is 21.4 Å². The van der Waals surface area contributed by atoms with Crippen LogP contribution in [0.1, 0.15) is 47.6 Å². The lowest BCUT2D eigenvalue weighted by Crippen LogP contribution is -2.45. The quantitative estimate of drug-likeness (QED) is 0.329. The van der Waals surface area contributed by atoms with Crippen LogP contribution in [0.4, 0.5) is 5.69 Å². The summed E-state index contributed by atoms with van der Waals surface area (Å²) in [5, 5.41) is 16.6. The Bertz CT molecular complexity index is 1730. The minimum atomic E-state index is -1.00. The van der Waals surface area contributed by atoms with E-state index in [4.69, 9.17) is 16.7 Å². The average Bonchev–Trinajstić information content (AvgIpc) is 3.69. The smallest absolute Gasteiger partial charge is 0.264 e. The zero-order valence-electron chi connectivity index (χ0n) is 24.4. The number of allylic oxidation sites excluding steroid dienone is 1. The monoisotopic (exact) mass is 606 g/mol. The Hall–Kier alpha value is -4.63. The summed E-state index contributed by atoms with van der Waals surface area (Å²) in [6.45, 7) is 3.87. The lowest BCUT2D eigenvalue weighted by molar-refractivity contribution is -0.136. The highest BCUT2D eigenvalue weighted by atomic mass is 35.5. The van der Waals surface area contributed by atoms with Crippen molar-refractivity contribution in [3.63, 3.8) is 0 Å². The Morgan fingerprint density at radius 3 is 2.30 bits per heavy atom. The van der Waals surface area contributed by atoms with E-state index in [9.17, 15) is 14.4 Å². The molecule has 3 aromatic rings. The Balaban J connectivity index is 1.18. The SMILES string of the molecule is Cc1ccc(/C=C2/CCC[C@@H]3C2=NN(C(=O)CN2N=N[C@@H]4C(=O)N(c5ccc(Cl)cc5)C(=O)[C@H]42)[C@@H]3c2ccc(C)cc2)cc1. The normalized spacial score (nSPS) is 25.1. The Kier molecular flexibility index (Phi) is 7.13. The number of fused-ring (bicyclic) bond motifs is 2. The van der Waals surface area contributed by atoms with E-state index >= 15 is 0 Å². The molecule has 222 valence electrons. The van der Waals surface area contributed by atoms with Crippen molar-refractivity contribution < 1.29 is 14.4 Å². The molecule has 0 aromatic heterocycles. The Labute approximate surface area is 260 Å². The van der Waals surface area contributed by atoms with Crippen LogP contribution in [0.25, 0.3) is 6.08 Å². The largest absolute Gasteiger partial charge is 0.271 e.